The van der Waals surface area contributed by atoms with Crippen LogP contribution < -0.4 is 14.4 Å². The first-order valence-electron chi connectivity index (χ1n) is 8.73. The Morgan fingerprint density at radius 1 is 1.20 bits per heavy atom. The van der Waals surface area contributed by atoms with E-state index in [0.717, 1.165) is 47.6 Å². The first kappa shape index (κ1) is 14.6. The molecular formula is C19H20N4O2. The maximum Gasteiger partial charge on any atom is 0.231 e. The van der Waals surface area contributed by atoms with Crippen molar-refractivity contribution in [3.63, 3.8) is 0 Å². The van der Waals surface area contributed by atoms with Crippen molar-refractivity contribution < 1.29 is 9.47 Å². The Morgan fingerprint density at radius 2 is 2.08 bits per heavy atom. The molecule has 1 atom stereocenters. The number of nitrogens with one attached hydrogen (secondary N) is 1. The predicted molar refractivity (Wildman–Crippen MR) is 95.4 cm³/mol. The fraction of sp³-hybridized carbons (Fsp3) is 0.368. The van der Waals surface area contributed by atoms with E-state index in [1.807, 2.05) is 19.2 Å². The second-order valence-corrected chi connectivity index (χ2v) is 6.80. The molecule has 2 aliphatic rings. The average Bonchev–Trinajstić information content (AvgIpc) is 3.31. The van der Waals surface area contributed by atoms with Crippen LogP contribution in [0, 0.1) is 6.92 Å². The van der Waals surface area contributed by atoms with Gasteiger partial charge in [-0.05, 0) is 38.0 Å². The van der Waals surface area contributed by atoms with Crippen molar-refractivity contribution in [3.8, 4) is 11.5 Å². The summed E-state index contributed by atoms with van der Waals surface area (Å²) in [6.07, 6.45) is 4.19. The number of aryl methyl sites for hydroxylation is 1. The standard InChI is InChI=1S/C19H20N4O2/c1-12-7-17(14-8-18-19(25-11-24-18)9-16(14)21-12)23-6-2-3-13(10-23)15-4-5-20-22-15/h4-5,7-9,13H,2-3,6,10-11H2,1H3,(H,20,22)/t13-/m1/s1. The molecule has 6 heteroatoms. The number of aromatic amines is 1. The topological polar surface area (TPSA) is 63.3 Å². The van der Waals surface area contributed by atoms with E-state index in [2.05, 4.69) is 33.3 Å². The molecule has 0 bridgehead atoms. The van der Waals surface area contributed by atoms with Crippen LogP contribution in [0.3, 0.4) is 0 Å². The van der Waals surface area contributed by atoms with Crippen LogP contribution in [0.4, 0.5) is 5.69 Å². The number of hydrogen-bond acceptors (Lipinski definition) is 5. The van der Waals surface area contributed by atoms with Crippen molar-refractivity contribution in [2.45, 2.75) is 25.7 Å². The number of piperidine rings is 1. The third-order valence-electron chi connectivity index (χ3n) is 5.13. The van der Waals surface area contributed by atoms with Crippen LogP contribution in [0.2, 0.25) is 0 Å². The summed E-state index contributed by atoms with van der Waals surface area (Å²) < 4.78 is 11.1. The number of benzene rings is 1. The van der Waals surface area contributed by atoms with E-state index >= 15 is 0 Å². The molecular weight excluding hydrogens is 316 g/mol. The third-order valence-corrected chi connectivity index (χ3v) is 5.13. The number of fused-ring (bicyclic) bond motifs is 2. The van der Waals surface area contributed by atoms with Crippen LogP contribution in [0.25, 0.3) is 10.9 Å². The van der Waals surface area contributed by atoms with Crippen molar-refractivity contribution in [3.05, 3.63) is 41.9 Å². The summed E-state index contributed by atoms with van der Waals surface area (Å²) in [6, 6.07) is 8.33. The zero-order valence-electron chi connectivity index (χ0n) is 14.2. The van der Waals surface area contributed by atoms with Crippen molar-refractivity contribution in [2.24, 2.45) is 0 Å². The minimum Gasteiger partial charge on any atom is -0.454 e. The number of nitrogens with zero attached hydrogens (tertiary/aromatic N) is 3. The Morgan fingerprint density at radius 3 is 2.92 bits per heavy atom. The van der Waals surface area contributed by atoms with Crippen molar-refractivity contribution in [2.75, 3.05) is 24.8 Å². The van der Waals surface area contributed by atoms with Crippen molar-refractivity contribution in [1.82, 2.24) is 15.2 Å². The minimum atomic E-state index is 0.283. The van der Waals surface area contributed by atoms with Gasteiger partial charge in [0.15, 0.2) is 11.5 Å². The lowest BCUT2D eigenvalue weighted by Gasteiger charge is -2.34. The Kier molecular flexibility index (Phi) is 3.29. The number of hydrogen-bond donors (Lipinski definition) is 1. The molecule has 25 heavy (non-hydrogen) atoms. The first-order chi connectivity index (χ1) is 12.3. The van der Waals surface area contributed by atoms with Crippen LogP contribution >= 0.6 is 0 Å². The molecule has 1 saturated heterocycles. The molecule has 2 aromatic heterocycles. The van der Waals surface area contributed by atoms with E-state index in [0.29, 0.717) is 5.92 Å². The fourth-order valence-electron chi connectivity index (χ4n) is 3.93. The van der Waals surface area contributed by atoms with Gasteiger partial charge < -0.3 is 14.4 Å². The molecule has 1 aromatic carbocycles. The Balaban J connectivity index is 1.57. The summed E-state index contributed by atoms with van der Waals surface area (Å²) >= 11 is 0. The Labute approximate surface area is 145 Å². The first-order valence-corrected chi connectivity index (χ1v) is 8.73. The summed E-state index contributed by atoms with van der Waals surface area (Å²) in [4.78, 5) is 7.17. The van der Waals surface area contributed by atoms with Crippen LogP contribution in [-0.4, -0.2) is 35.1 Å². The average molecular weight is 336 g/mol. The SMILES string of the molecule is Cc1cc(N2CCC[C@@H](c3ccn[nH]3)C2)c2cc3c(cc2n1)OCO3. The van der Waals surface area contributed by atoms with Gasteiger partial charge in [-0.3, -0.25) is 10.1 Å². The maximum absolute atomic E-state index is 5.58. The fourth-order valence-corrected chi connectivity index (χ4v) is 3.93. The minimum absolute atomic E-state index is 0.283. The summed E-state index contributed by atoms with van der Waals surface area (Å²) in [5.41, 5.74) is 4.43. The number of rotatable bonds is 2. The van der Waals surface area contributed by atoms with Gasteiger partial charge in [0.1, 0.15) is 0 Å². The number of anilines is 1. The van der Waals surface area contributed by atoms with E-state index < -0.39 is 0 Å². The molecule has 5 rings (SSSR count). The van der Waals surface area contributed by atoms with Crippen LogP contribution in [-0.2, 0) is 0 Å². The largest absolute Gasteiger partial charge is 0.454 e. The van der Waals surface area contributed by atoms with Crippen molar-refractivity contribution >= 4 is 16.6 Å². The molecule has 128 valence electrons. The highest BCUT2D eigenvalue weighted by Gasteiger charge is 2.25. The Bertz CT molecular complexity index is 923. The van der Waals surface area contributed by atoms with Gasteiger partial charge in [0, 0.05) is 53.7 Å². The number of aromatic nitrogens is 3. The molecule has 0 aliphatic carbocycles. The molecule has 3 aromatic rings. The van der Waals surface area contributed by atoms with Gasteiger partial charge in [0.05, 0.1) is 5.52 Å². The van der Waals surface area contributed by atoms with E-state index in [4.69, 9.17) is 14.5 Å². The monoisotopic (exact) mass is 336 g/mol. The molecule has 0 radical (unpaired) electrons. The number of ether oxygens (including phenoxy) is 2. The molecule has 0 spiro atoms. The van der Waals surface area contributed by atoms with Crippen LogP contribution in [0.5, 0.6) is 11.5 Å². The van der Waals surface area contributed by atoms with E-state index in [1.165, 1.54) is 17.8 Å². The second-order valence-electron chi connectivity index (χ2n) is 6.80. The summed E-state index contributed by atoms with van der Waals surface area (Å²) in [5.74, 6) is 2.07. The van der Waals surface area contributed by atoms with Gasteiger partial charge in [-0.25, -0.2) is 0 Å². The second kappa shape index (κ2) is 5.65. The smallest absolute Gasteiger partial charge is 0.231 e. The van der Waals surface area contributed by atoms with E-state index in [1.54, 1.807) is 0 Å². The molecule has 0 unspecified atom stereocenters. The normalized spacial score (nSPS) is 19.6. The summed E-state index contributed by atoms with van der Waals surface area (Å²) in [5, 5.41) is 8.38. The lowest BCUT2D eigenvalue weighted by Crippen LogP contribution is -2.34. The van der Waals surface area contributed by atoms with Gasteiger partial charge in [0.2, 0.25) is 6.79 Å². The molecule has 1 fully saturated rings. The molecule has 6 nitrogen and oxygen atoms in total. The molecule has 2 aliphatic heterocycles. The van der Waals surface area contributed by atoms with E-state index in [-0.39, 0.29) is 6.79 Å². The lowest BCUT2D eigenvalue weighted by atomic mass is 9.94. The van der Waals surface area contributed by atoms with Gasteiger partial charge >= 0.3 is 0 Å². The zero-order chi connectivity index (χ0) is 16.8. The number of pyridine rings is 1. The molecule has 0 amide bonds. The lowest BCUT2D eigenvalue weighted by molar-refractivity contribution is 0.174. The number of H-pyrrole nitrogens is 1. The van der Waals surface area contributed by atoms with Gasteiger partial charge in [-0.2, -0.15) is 5.10 Å². The summed E-state index contributed by atoms with van der Waals surface area (Å²) in [7, 11) is 0. The highest BCUT2D eigenvalue weighted by Crippen LogP contribution is 2.40. The predicted octanol–water partition coefficient (Wildman–Crippen LogP) is 3.38. The summed E-state index contributed by atoms with van der Waals surface area (Å²) in [6.45, 7) is 4.36. The van der Waals surface area contributed by atoms with Gasteiger partial charge in [-0.15, -0.1) is 0 Å². The van der Waals surface area contributed by atoms with Crippen LogP contribution in [0.1, 0.15) is 30.1 Å². The molecule has 1 N–H and O–H groups in total. The Hall–Kier alpha value is -2.76. The highest BCUT2D eigenvalue weighted by atomic mass is 16.7. The zero-order valence-corrected chi connectivity index (χ0v) is 14.2. The van der Waals surface area contributed by atoms with Gasteiger partial charge in [0.25, 0.3) is 0 Å². The highest BCUT2D eigenvalue weighted by molar-refractivity contribution is 5.94. The molecule has 0 saturated carbocycles. The van der Waals surface area contributed by atoms with Crippen molar-refractivity contribution in [1.29, 1.82) is 0 Å². The van der Waals surface area contributed by atoms with Crippen LogP contribution in [0.15, 0.2) is 30.5 Å². The molecule has 4 heterocycles. The quantitative estimate of drug-likeness (QED) is 0.777. The third kappa shape index (κ3) is 2.49. The van der Waals surface area contributed by atoms with E-state index in [9.17, 15) is 0 Å². The van der Waals surface area contributed by atoms with Gasteiger partial charge in [-0.1, -0.05) is 0 Å². The maximum atomic E-state index is 5.58.